The van der Waals surface area contributed by atoms with Crippen LogP contribution in [0.25, 0.3) is 0 Å². The quantitative estimate of drug-likeness (QED) is 0.627. The van der Waals surface area contributed by atoms with Crippen LogP contribution in [0.5, 0.6) is 0 Å². The van der Waals surface area contributed by atoms with Crippen molar-refractivity contribution in [3.63, 3.8) is 0 Å². The van der Waals surface area contributed by atoms with E-state index in [0.29, 0.717) is 5.41 Å². The molecule has 2 aliphatic rings. The average Bonchev–Trinajstić information content (AvgIpc) is 2.92. The Morgan fingerprint density at radius 3 is 2.53 bits per heavy atom. The van der Waals surface area contributed by atoms with E-state index in [4.69, 9.17) is 0 Å². The zero-order valence-electron chi connectivity index (χ0n) is 13.3. The van der Waals surface area contributed by atoms with Gasteiger partial charge in [0.1, 0.15) is 0 Å². The third-order valence-electron chi connectivity index (χ3n) is 5.95. The molecule has 0 spiro atoms. The zero-order valence-corrected chi connectivity index (χ0v) is 13.3. The Bertz CT molecular complexity index is 244. The molecular formula is C18H35N. The van der Waals surface area contributed by atoms with E-state index in [1.165, 1.54) is 83.7 Å². The van der Waals surface area contributed by atoms with Crippen LogP contribution >= 0.6 is 0 Å². The van der Waals surface area contributed by atoms with E-state index < -0.39 is 0 Å². The summed E-state index contributed by atoms with van der Waals surface area (Å²) in [5.41, 5.74) is 0.645. The number of rotatable bonds is 7. The van der Waals surface area contributed by atoms with Gasteiger partial charge in [-0.05, 0) is 43.2 Å². The molecule has 0 aromatic carbocycles. The van der Waals surface area contributed by atoms with Crippen LogP contribution in [0.4, 0.5) is 0 Å². The molecule has 2 rings (SSSR count). The van der Waals surface area contributed by atoms with E-state index in [1.54, 1.807) is 0 Å². The molecule has 1 aliphatic carbocycles. The fourth-order valence-electron chi connectivity index (χ4n) is 4.60. The maximum Gasteiger partial charge on any atom is -0.00126 e. The van der Waals surface area contributed by atoms with Gasteiger partial charge in [0.15, 0.2) is 0 Å². The molecule has 19 heavy (non-hydrogen) atoms. The molecule has 1 heteroatoms. The fraction of sp³-hybridized carbons (Fsp3) is 1.00. The summed E-state index contributed by atoms with van der Waals surface area (Å²) in [7, 11) is 0. The Kier molecular flexibility index (Phi) is 6.19. The minimum atomic E-state index is 0.645. The highest BCUT2D eigenvalue weighted by molar-refractivity contribution is 4.93. The number of unbranched alkanes of at least 4 members (excludes halogenated alkanes) is 4. The molecule has 1 N–H and O–H groups in total. The van der Waals surface area contributed by atoms with Gasteiger partial charge in [0.2, 0.25) is 0 Å². The first-order valence-corrected chi connectivity index (χ1v) is 8.97. The first kappa shape index (κ1) is 15.4. The van der Waals surface area contributed by atoms with Gasteiger partial charge in [0.25, 0.3) is 0 Å². The zero-order chi connectivity index (χ0) is 13.6. The second kappa shape index (κ2) is 7.67. The summed E-state index contributed by atoms with van der Waals surface area (Å²) in [5.74, 6) is 2.00. The van der Waals surface area contributed by atoms with E-state index in [2.05, 4.69) is 19.2 Å². The molecule has 2 atom stereocenters. The molecule has 0 aromatic heterocycles. The number of piperidine rings is 1. The molecule has 2 unspecified atom stereocenters. The van der Waals surface area contributed by atoms with Crippen LogP contribution in [0, 0.1) is 17.3 Å². The normalized spacial score (nSPS) is 32.8. The third kappa shape index (κ3) is 4.21. The highest BCUT2D eigenvalue weighted by Crippen LogP contribution is 2.47. The molecule has 0 amide bonds. The Morgan fingerprint density at radius 2 is 1.79 bits per heavy atom. The lowest BCUT2D eigenvalue weighted by atomic mass is 9.64. The lowest BCUT2D eigenvalue weighted by Gasteiger charge is -2.45. The third-order valence-corrected chi connectivity index (χ3v) is 5.95. The predicted octanol–water partition coefficient (Wildman–Crippen LogP) is 5.15. The molecular weight excluding hydrogens is 230 g/mol. The van der Waals surface area contributed by atoms with Crippen LogP contribution < -0.4 is 5.32 Å². The first-order valence-electron chi connectivity index (χ1n) is 8.97. The molecule has 112 valence electrons. The minimum absolute atomic E-state index is 0.645. The van der Waals surface area contributed by atoms with Gasteiger partial charge < -0.3 is 5.32 Å². The smallest absolute Gasteiger partial charge is 0.00126 e. The van der Waals surface area contributed by atoms with Crippen LogP contribution in [0.3, 0.4) is 0 Å². The molecule has 2 fully saturated rings. The maximum absolute atomic E-state index is 3.68. The fourth-order valence-corrected chi connectivity index (χ4v) is 4.60. The van der Waals surface area contributed by atoms with Crippen molar-refractivity contribution in [2.45, 2.75) is 84.5 Å². The number of hydrogen-bond donors (Lipinski definition) is 1. The van der Waals surface area contributed by atoms with Gasteiger partial charge in [-0.25, -0.2) is 0 Å². The van der Waals surface area contributed by atoms with E-state index in [9.17, 15) is 0 Å². The van der Waals surface area contributed by atoms with Gasteiger partial charge in [-0.3, -0.25) is 0 Å². The lowest BCUT2D eigenvalue weighted by Crippen LogP contribution is -2.46. The van der Waals surface area contributed by atoms with Crippen molar-refractivity contribution >= 4 is 0 Å². The van der Waals surface area contributed by atoms with Crippen molar-refractivity contribution in [1.29, 1.82) is 0 Å². The van der Waals surface area contributed by atoms with Crippen molar-refractivity contribution in [3.8, 4) is 0 Å². The van der Waals surface area contributed by atoms with Crippen LogP contribution in [0.2, 0.25) is 0 Å². The minimum Gasteiger partial charge on any atom is -0.316 e. The van der Waals surface area contributed by atoms with Gasteiger partial charge in [0.05, 0.1) is 0 Å². The van der Waals surface area contributed by atoms with Crippen LogP contribution in [-0.4, -0.2) is 13.1 Å². The van der Waals surface area contributed by atoms with Gasteiger partial charge in [-0.1, -0.05) is 71.6 Å². The largest absolute Gasteiger partial charge is 0.316 e. The SMILES string of the molecule is CCCCCCCC1(C)CCNCC1C1CCCC1. The summed E-state index contributed by atoms with van der Waals surface area (Å²) < 4.78 is 0. The molecule has 1 saturated carbocycles. The van der Waals surface area contributed by atoms with Gasteiger partial charge in [-0.15, -0.1) is 0 Å². The van der Waals surface area contributed by atoms with Gasteiger partial charge in [-0.2, -0.15) is 0 Å². The molecule has 0 aromatic rings. The summed E-state index contributed by atoms with van der Waals surface area (Å²) in [6.45, 7) is 7.48. The van der Waals surface area contributed by atoms with E-state index in [0.717, 1.165) is 11.8 Å². The highest BCUT2D eigenvalue weighted by Gasteiger charge is 2.40. The maximum atomic E-state index is 3.68. The van der Waals surface area contributed by atoms with Crippen LogP contribution in [-0.2, 0) is 0 Å². The summed E-state index contributed by atoms with van der Waals surface area (Å²) in [6.07, 6.45) is 16.1. The second-order valence-corrected chi connectivity index (χ2v) is 7.42. The number of nitrogens with one attached hydrogen (secondary N) is 1. The van der Waals surface area contributed by atoms with Crippen molar-refractivity contribution in [2.75, 3.05) is 13.1 Å². The molecule has 1 nitrogen and oxygen atoms in total. The average molecular weight is 265 g/mol. The van der Waals surface area contributed by atoms with Crippen LogP contribution in [0.15, 0.2) is 0 Å². The lowest BCUT2D eigenvalue weighted by molar-refractivity contribution is 0.0665. The van der Waals surface area contributed by atoms with Gasteiger partial charge >= 0.3 is 0 Å². The standard InChI is InChI=1S/C18H35N/c1-3-4-5-6-9-12-18(2)13-14-19-15-17(18)16-10-7-8-11-16/h16-17,19H,3-15H2,1-2H3. The Hall–Kier alpha value is -0.0400. The molecule has 0 radical (unpaired) electrons. The monoisotopic (exact) mass is 265 g/mol. The second-order valence-electron chi connectivity index (χ2n) is 7.42. The van der Waals surface area contributed by atoms with E-state index in [-0.39, 0.29) is 0 Å². The molecule has 1 saturated heterocycles. The predicted molar refractivity (Wildman–Crippen MR) is 84.4 cm³/mol. The van der Waals surface area contributed by atoms with Crippen molar-refractivity contribution in [2.24, 2.45) is 17.3 Å². The van der Waals surface area contributed by atoms with Crippen molar-refractivity contribution in [3.05, 3.63) is 0 Å². The Labute approximate surface area is 120 Å². The van der Waals surface area contributed by atoms with Crippen molar-refractivity contribution in [1.82, 2.24) is 5.32 Å². The summed E-state index contributed by atoms with van der Waals surface area (Å²) >= 11 is 0. The summed E-state index contributed by atoms with van der Waals surface area (Å²) in [6, 6.07) is 0. The first-order chi connectivity index (χ1) is 9.26. The molecule has 0 bridgehead atoms. The topological polar surface area (TPSA) is 12.0 Å². The summed E-state index contributed by atoms with van der Waals surface area (Å²) in [5, 5.41) is 3.68. The van der Waals surface area contributed by atoms with E-state index >= 15 is 0 Å². The van der Waals surface area contributed by atoms with Gasteiger partial charge in [0, 0.05) is 0 Å². The van der Waals surface area contributed by atoms with E-state index in [1.807, 2.05) is 0 Å². The molecule has 1 aliphatic heterocycles. The summed E-state index contributed by atoms with van der Waals surface area (Å²) in [4.78, 5) is 0. The van der Waals surface area contributed by atoms with Crippen molar-refractivity contribution < 1.29 is 0 Å². The Morgan fingerprint density at radius 1 is 1.05 bits per heavy atom. The highest BCUT2D eigenvalue weighted by atomic mass is 14.9. The Balaban J connectivity index is 1.81. The number of hydrogen-bond acceptors (Lipinski definition) is 1. The molecule has 1 heterocycles. The van der Waals surface area contributed by atoms with Crippen LogP contribution in [0.1, 0.15) is 84.5 Å².